The third-order valence-electron chi connectivity index (χ3n) is 5.54. The van der Waals surface area contributed by atoms with Crippen LogP contribution in [-0.2, 0) is 0 Å². The summed E-state index contributed by atoms with van der Waals surface area (Å²) in [4.78, 5) is 23.9. The van der Waals surface area contributed by atoms with Gasteiger partial charge in [-0.05, 0) is 36.4 Å². The van der Waals surface area contributed by atoms with Crippen molar-refractivity contribution in [3.05, 3.63) is 71.6 Å². The van der Waals surface area contributed by atoms with E-state index in [-0.39, 0.29) is 5.91 Å². The molecule has 2 aromatic heterocycles. The van der Waals surface area contributed by atoms with Crippen LogP contribution in [0.5, 0.6) is 0 Å². The maximum absolute atomic E-state index is 12.6. The third kappa shape index (κ3) is 4.63. The number of anilines is 1. The predicted molar refractivity (Wildman–Crippen MR) is 130 cm³/mol. The van der Waals surface area contributed by atoms with Crippen LogP contribution in [0.15, 0.2) is 66.7 Å². The van der Waals surface area contributed by atoms with Crippen LogP contribution >= 0.6 is 22.7 Å². The molecule has 1 saturated heterocycles. The number of nitrogens with one attached hydrogen (secondary N) is 1. The number of hydrogen-bond donors (Lipinski definition) is 1. The van der Waals surface area contributed by atoms with Crippen molar-refractivity contribution in [2.24, 2.45) is 0 Å². The number of thiazole rings is 1. The average molecular weight is 449 g/mol. The molecule has 4 aromatic rings. The van der Waals surface area contributed by atoms with Gasteiger partial charge < -0.3 is 10.2 Å². The van der Waals surface area contributed by atoms with E-state index in [1.165, 1.54) is 21.7 Å². The molecule has 1 aliphatic heterocycles. The molecule has 7 heteroatoms. The van der Waals surface area contributed by atoms with Crippen molar-refractivity contribution in [3.8, 4) is 9.88 Å². The Balaban J connectivity index is 1.11. The van der Waals surface area contributed by atoms with Crippen LogP contribution in [0.3, 0.4) is 0 Å². The average Bonchev–Trinajstić information content (AvgIpc) is 3.47. The Kier molecular flexibility index (Phi) is 5.97. The number of carbonyl (C=O) groups excluding carboxylic acids is 1. The second kappa shape index (κ2) is 9.18. The maximum Gasteiger partial charge on any atom is 0.261 e. The Labute approximate surface area is 190 Å². The van der Waals surface area contributed by atoms with E-state index in [9.17, 15) is 4.79 Å². The predicted octanol–water partition coefficient (Wildman–Crippen LogP) is 4.58. The van der Waals surface area contributed by atoms with Gasteiger partial charge in [-0.1, -0.05) is 30.3 Å². The fraction of sp³-hybridized carbons (Fsp3) is 0.250. The molecule has 0 bridgehead atoms. The van der Waals surface area contributed by atoms with E-state index in [0.717, 1.165) is 53.0 Å². The first kappa shape index (κ1) is 20.2. The molecular formula is C24H24N4OS2. The van der Waals surface area contributed by atoms with Crippen molar-refractivity contribution in [1.82, 2.24) is 15.2 Å². The first-order valence-corrected chi connectivity index (χ1v) is 12.2. The fourth-order valence-electron chi connectivity index (χ4n) is 3.84. The third-order valence-corrected chi connectivity index (χ3v) is 7.83. The van der Waals surface area contributed by atoms with Gasteiger partial charge >= 0.3 is 0 Å². The number of carbonyl (C=O) groups is 1. The molecule has 0 spiro atoms. The van der Waals surface area contributed by atoms with Crippen LogP contribution in [-0.4, -0.2) is 55.1 Å². The lowest BCUT2D eigenvalue weighted by molar-refractivity contribution is 0.0952. The zero-order valence-corrected chi connectivity index (χ0v) is 18.8. The summed E-state index contributed by atoms with van der Waals surface area (Å²) in [5.41, 5.74) is 2.30. The van der Waals surface area contributed by atoms with Gasteiger partial charge in [0.1, 0.15) is 5.01 Å². The second-order valence-corrected chi connectivity index (χ2v) is 9.69. The summed E-state index contributed by atoms with van der Waals surface area (Å²) < 4.78 is 1.17. The minimum atomic E-state index is 0.000262. The summed E-state index contributed by atoms with van der Waals surface area (Å²) in [5, 5.41) is 4.05. The van der Waals surface area contributed by atoms with Crippen molar-refractivity contribution < 1.29 is 4.79 Å². The molecule has 2 aromatic carbocycles. The van der Waals surface area contributed by atoms with Gasteiger partial charge in [0.25, 0.3) is 5.91 Å². The highest BCUT2D eigenvalue weighted by molar-refractivity contribution is 7.26. The number of piperazine rings is 1. The van der Waals surface area contributed by atoms with Gasteiger partial charge in [-0.15, -0.1) is 22.7 Å². The summed E-state index contributed by atoms with van der Waals surface area (Å²) >= 11 is 3.18. The van der Waals surface area contributed by atoms with Crippen LogP contribution < -0.4 is 10.2 Å². The summed E-state index contributed by atoms with van der Waals surface area (Å²) in [5.74, 6) is 0.000262. The van der Waals surface area contributed by atoms with Gasteiger partial charge in [0, 0.05) is 45.0 Å². The Bertz CT molecular complexity index is 1130. The van der Waals surface area contributed by atoms with Crippen molar-refractivity contribution in [1.29, 1.82) is 0 Å². The van der Waals surface area contributed by atoms with Crippen molar-refractivity contribution >= 4 is 44.5 Å². The number of thiophene rings is 1. The van der Waals surface area contributed by atoms with Crippen LogP contribution in [0.25, 0.3) is 20.1 Å². The molecule has 158 valence electrons. The molecule has 5 nitrogen and oxygen atoms in total. The summed E-state index contributed by atoms with van der Waals surface area (Å²) in [6, 6.07) is 22.6. The van der Waals surface area contributed by atoms with Gasteiger partial charge in [-0.25, -0.2) is 4.98 Å². The lowest BCUT2D eigenvalue weighted by Gasteiger charge is -2.36. The Hall–Kier alpha value is -2.74. The van der Waals surface area contributed by atoms with Crippen LogP contribution in [0.1, 0.15) is 9.67 Å². The molecule has 1 aliphatic rings. The largest absolute Gasteiger partial charge is 0.369 e. The second-order valence-electron chi connectivity index (χ2n) is 7.57. The zero-order valence-electron chi connectivity index (χ0n) is 17.2. The Morgan fingerprint density at radius 1 is 0.903 bits per heavy atom. The quantitative estimate of drug-likeness (QED) is 0.469. The van der Waals surface area contributed by atoms with E-state index < -0.39 is 0 Å². The number of hydrogen-bond acceptors (Lipinski definition) is 6. The number of benzene rings is 2. The molecule has 0 unspecified atom stereocenters. The molecule has 0 radical (unpaired) electrons. The molecule has 0 saturated carbocycles. The van der Waals surface area contributed by atoms with Crippen molar-refractivity contribution in [3.63, 3.8) is 0 Å². The highest BCUT2D eigenvalue weighted by atomic mass is 32.1. The van der Waals surface area contributed by atoms with E-state index in [0.29, 0.717) is 6.54 Å². The minimum Gasteiger partial charge on any atom is -0.369 e. The minimum absolute atomic E-state index is 0.000262. The number of nitrogens with zero attached hydrogens (tertiary/aromatic N) is 3. The Morgan fingerprint density at radius 3 is 2.48 bits per heavy atom. The van der Waals surface area contributed by atoms with Crippen LogP contribution in [0.2, 0.25) is 0 Å². The van der Waals surface area contributed by atoms with Gasteiger partial charge in [0.2, 0.25) is 0 Å². The molecule has 1 fully saturated rings. The highest BCUT2D eigenvalue weighted by Gasteiger charge is 2.17. The monoisotopic (exact) mass is 448 g/mol. The zero-order chi connectivity index (χ0) is 21.0. The highest BCUT2D eigenvalue weighted by Crippen LogP contribution is 2.34. The topological polar surface area (TPSA) is 48.5 Å². The SMILES string of the molecule is O=C(NCCN1CCN(c2ccccc2)CC1)c1ccc(-c2nc3ccccc3s2)s1. The molecule has 0 aliphatic carbocycles. The Morgan fingerprint density at radius 2 is 1.68 bits per heavy atom. The number of amides is 1. The fourth-order valence-corrected chi connectivity index (χ4v) is 5.78. The van der Waals surface area contributed by atoms with Crippen LogP contribution in [0.4, 0.5) is 5.69 Å². The maximum atomic E-state index is 12.6. The van der Waals surface area contributed by atoms with Gasteiger partial charge in [-0.2, -0.15) is 0 Å². The number of fused-ring (bicyclic) bond motifs is 1. The number of aromatic nitrogens is 1. The molecule has 31 heavy (non-hydrogen) atoms. The van der Waals surface area contributed by atoms with Crippen molar-refractivity contribution in [2.45, 2.75) is 0 Å². The first-order chi connectivity index (χ1) is 15.3. The van der Waals surface area contributed by atoms with E-state index in [4.69, 9.17) is 4.98 Å². The normalized spacial score (nSPS) is 14.8. The lowest BCUT2D eigenvalue weighted by Crippen LogP contribution is -2.48. The standard InChI is InChI=1S/C24H24N4OS2/c29-23(21-10-11-22(30-21)24-26-19-8-4-5-9-20(19)31-24)25-12-13-27-14-16-28(17-15-27)18-6-2-1-3-7-18/h1-11H,12-17H2,(H,25,29). The van der Waals surface area contributed by atoms with E-state index in [1.54, 1.807) is 11.3 Å². The lowest BCUT2D eigenvalue weighted by atomic mass is 10.2. The number of para-hydroxylation sites is 2. The molecule has 1 amide bonds. The molecule has 0 atom stereocenters. The molecule has 5 rings (SSSR count). The summed E-state index contributed by atoms with van der Waals surface area (Å²) in [6.07, 6.45) is 0. The smallest absolute Gasteiger partial charge is 0.261 e. The van der Waals surface area contributed by atoms with E-state index >= 15 is 0 Å². The summed E-state index contributed by atoms with van der Waals surface area (Å²) in [6.45, 7) is 5.63. The van der Waals surface area contributed by atoms with Gasteiger partial charge in [0.15, 0.2) is 0 Å². The van der Waals surface area contributed by atoms with E-state index in [2.05, 4.69) is 51.5 Å². The van der Waals surface area contributed by atoms with Gasteiger partial charge in [-0.3, -0.25) is 9.69 Å². The molecule has 3 heterocycles. The molecule has 1 N–H and O–H groups in total. The van der Waals surface area contributed by atoms with Gasteiger partial charge in [0.05, 0.1) is 20.0 Å². The summed E-state index contributed by atoms with van der Waals surface area (Å²) in [7, 11) is 0. The molecular weight excluding hydrogens is 424 g/mol. The number of rotatable bonds is 6. The van der Waals surface area contributed by atoms with E-state index in [1.807, 2.05) is 30.3 Å². The van der Waals surface area contributed by atoms with Crippen molar-refractivity contribution in [2.75, 3.05) is 44.2 Å². The van der Waals surface area contributed by atoms with Crippen LogP contribution in [0, 0.1) is 0 Å². The first-order valence-electron chi connectivity index (χ1n) is 10.5.